The number of amides is 2. The van der Waals surface area contributed by atoms with Gasteiger partial charge in [0.15, 0.2) is 0 Å². The van der Waals surface area contributed by atoms with E-state index >= 15 is 0 Å². The lowest BCUT2D eigenvalue weighted by atomic mass is 10.0. The van der Waals surface area contributed by atoms with Crippen LogP contribution in [-0.2, 0) is 29.5 Å². The Hall–Kier alpha value is -2.38. The molecule has 3 rings (SSSR count). The van der Waals surface area contributed by atoms with Crippen LogP contribution in [-0.4, -0.2) is 25.9 Å². The summed E-state index contributed by atoms with van der Waals surface area (Å²) in [5, 5.41) is 7.93. The molecule has 2 amide bonds. The van der Waals surface area contributed by atoms with Crippen molar-refractivity contribution in [1.82, 2.24) is 10.2 Å². The lowest BCUT2D eigenvalue weighted by Crippen LogP contribution is -2.42. The van der Waals surface area contributed by atoms with E-state index in [1.807, 2.05) is 18.2 Å². The zero-order valence-electron chi connectivity index (χ0n) is 13.1. The molecule has 0 unspecified atom stereocenters. The van der Waals surface area contributed by atoms with Gasteiger partial charge in [-0.25, -0.2) is 18.4 Å². The fourth-order valence-electron chi connectivity index (χ4n) is 2.76. The topological polar surface area (TPSA) is 92.5 Å². The first-order chi connectivity index (χ1) is 11.4. The summed E-state index contributed by atoms with van der Waals surface area (Å²) in [4.78, 5) is 14.1. The molecule has 0 aliphatic carbocycles. The Kier molecular flexibility index (Phi) is 4.55. The number of nitrogens with one attached hydrogen (secondary N) is 1. The number of carbonyl (C=O) groups is 1. The van der Waals surface area contributed by atoms with Crippen LogP contribution in [0, 0.1) is 0 Å². The Labute approximate surface area is 141 Å². The van der Waals surface area contributed by atoms with Crippen molar-refractivity contribution in [2.75, 3.05) is 6.54 Å². The molecule has 0 bridgehead atoms. The maximum Gasteiger partial charge on any atom is 0.317 e. The number of benzene rings is 2. The van der Waals surface area contributed by atoms with Gasteiger partial charge in [-0.05, 0) is 35.2 Å². The molecule has 2 aromatic rings. The Morgan fingerprint density at radius 3 is 2.42 bits per heavy atom. The van der Waals surface area contributed by atoms with Gasteiger partial charge >= 0.3 is 6.03 Å². The summed E-state index contributed by atoms with van der Waals surface area (Å²) in [7, 11) is -3.69. The van der Waals surface area contributed by atoms with E-state index in [1.54, 1.807) is 17.0 Å². The molecule has 0 saturated heterocycles. The smallest absolute Gasteiger partial charge is 0.317 e. The summed E-state index contributed by atoms with van der Waals surface area (Å²) in [5.74, 6) is 0. The summed E-state index contributed by atoms with van der Waals surface area (Å²) >= 11 is 0. The average Bonchev–Trinajstić information content (AvgIpc) is 2.59. The van der Waals surface area contributed by atoms with E-state index in [0.717, 1.165) is 12.0 Å². The van der Waals surface area contributed by atoms with Gasteiger partial charge in [0, 0.05) is 19.6 Å². The highest BCUT2D eigenvalue weighted by molar-refractivity contribution is 7.89. The molecule has 0 radical (unpaired) electrons. The number of sulfonamides is 1. The molecule has 0 saturated carbocycles. The SMILES string of the molecule is NS(=O)(=O)c1ccc(CNC(=O)N2CCc3ccccc3C2)cc1. The fourth-order valence-corrected chi connectivity index (χ4v) is 3.27. The van der Waals surface area contributed by atoms with Crippen molar-refractivity contribution < 1.29 is 13.2 Å². The predicted molar refractivity (Wildman–Crippen MR) is 90.6 cm³/mol. The van der Waals surface area contributed by atoms with Crippen molar-refractivity contribution in [2.45, 2.75) is 24.4 Å². The third-order valence-electron chi connectivity index (χ3n) is 4.11. The van der Waals surface area contributed by atoms with Crippen molar-refractivity contribution >= 4 is 16.1 Å². The van der Waals surface area contributed by atoms with Crippen LogP contribution < -0.4 is 10.5 Å². The monoisotopic (exact) mass is 345 g/mol. The van der Waals surface area contributed by atoms with Gasteiger partial charge in [-0.2, -0.15) is 0 Å². The molecular weight excluding hydrogens is 326 g/mol. The van der Waals surface area contributed by atoms with E-state index in [-0.39, 0.29) is 10.9 Å². The summed E-state index contributed by atoms with van der Waals surface area (Å²) in [6.45, 7) is 1.63. The number of hydrogen-bond acceptors (Lipinski definition) is 3. The van der Waals surface area contributed by atoms with Crippen molar-refractivity contribution in [1.29, 1.82) is 0 Å². The highest BCUT2D eigenvalue weighted by Gasteiger charge is 2.19. The third-order valence-corrected chi connectivity index (χ3v) is 5.04. The van der Waals surface area contributed by atoms with Gasteiger partial charge in [-0.15, -0.1) is 0 Å². The molecule has 0 fully saturated rings. The van der Waals surface area contributed by atoms with E-state index in [4.69, 9.17) is 5.14 Å². The molecule has 3 N–H and O–H groups in total. The number of urea groups is 1. The second-order valence-corrected chi connectivity index (χ2v) is 7.35. The average molecular weight is 345 g/mol. The number of rotatable bonds is 3. The van der Waals surface area contributed by atoms with Crippen LogP contribution in [0.25, 0.3) is 0 Å². The van der Waals surface area contributed by atoms with Crippen molar-refractivity contribution in [3.05, 3.63) is 65.2 Å². The minimum atomic E-state index is -3.69. The lowest BCUT2D eigenvalue weighted by Gasteiger charge is -2.29. The van der Waals surface area contributed by atoms with Crippen LogP contribution in [0.15, 0.2) is 53.4 Å². The maximum absolute atomic E-state index is 12.3. The molecule has 1 aliphatic rings. The van der Waals surface area contributed by atoms with Gasteiger partial charge in [-0.1, -0.05) is 36.4 Å². The summed E-state index contributed by atoms with van der Waals surface area (Å²) in [6, 6.07) is 14.2. The number of fused-ring (bicyclic) bond motifs is 1. The Balaban J connectivity index is 1.58. The number of nitrogens with zero attached hydrogens (tertiary/aromatic N) is 1. The molecule has 6 nitrogen and oxygen atoms in total. The first-order valence-corrected chi connectivity index (χ1v) is 9.19. The lowest BCUT2D eigenvalue weighted by molar-refractivity contribution is 0.192. The highest BCUT2D eigenvalue weighted by atomic mass is 32.2. The molecule has 24 heavy (non-hydrogen) atoms. The second kappa shape index (κ2) is 6.62. The normalized spacial score (nSPS) is 14.1. The Morgan fingerprint density at radius 2 is 1.75 bits per heavy atom. The molecule has 126 valence electrons. The fraction of sp³-hybridized carbons (Fsp3) is 0.235. The molecule has 2 aromatic carbocycles. The van der Waals surface area contributed by atoms with Crippen LogP contribution in [0.1, 0.15) is 16.7 Å². The van der Waals surface area contributed by atoms with Gasteiger partial charge in [0.05, 0.1) is 4.90 Å². The van der Waals surface area contributed by atoms with Crippen LogP contribution >= 0.6 is 0 Å². The maximum atomic E-state index is 12.3. The molecular formula is C17H19N3O3S. The summed E-state index contributed by atoms with van der Waals surface area (Å²) < 4.78 is 22.4. The first-order valence-electron chi connectivity index (χ1n) is 7.65. The molecule has 0 aromatic heterocycles. The standard InChI is InChI=1S/C17H19N3O3S/c18-24(22,23)16-7-5-13(6-8-16)11-19-17(21)20-10-9-14-3-1-2-4-15(14)12-20/h1-8H,9-12H2,(H,19,21)(H2,18,22,23). The Morgan fingerprint density at radius 1 is 1.08 bits per heavy atom. The van der Waals surface area contributed by atoms with Crippen LogP contribution in [0.3, 0.4) is 0 Å². The zero-order chi connectivity index (χ0) is 17.2. The van der Waals surface area contributed by atoms with Gasteiger partial charge in [0.25, 0.3) is 0 Å². The van der Waals surface area contributed by atoms with Crippen molar-refractivity contribution in [3.63, 3.8) is 0 Å². The number of hydrogen-bond donors (Lipinski definition) is 2. The second-order valence-electron chi connectivity index (χ2n) is 5.79. The van der Waals surface area contributed by atoms with Crippen LogP contribution in [0.4, 0.5) is 4.79 Å². The van der Waals surface area contributed by atoms with Gasteiger partial charge in [0.2, 0.25) is 10.0 Å². The third kappa shape index (κ3) is 3.74. The molecule has 0 atom stereocenters. The minimum absolute atomic E-state index is 0.0604. The van der Waals surface area contributed by atoms with Gasteiger partial charge < -0.3 is 10.2 Å². The minimum Gasteiger partial charge on any atom is -0.334 e. The highest BCUT2D eigenvalue weighted by Crippen LogP contribution is 2.18. The van der Waals surface area contributed by atoms with E-state index in [9.17, 15) is 13.2 Å². The quantitative estimate of drug-likeness (QED) is 0.885. The number of nitrogens with two attached hydrogens (primary N) is 1. The summed E-state index contributed by atoms with van der Waals surface area (Å²) in [6.07, 6.45) is 0.854. The van der Waals surface area contributed by atoms with Crippen molar-refractivity contribution in [3.8, 4) is 0 Å². The Bertz CT molecular complexity index is 848. The number of primary sulfonamides is 1. The van der Waals surface area contributed by atoms with E-state index < -0.39 is 10.0 Å². The van der Waals surface area contributed by atoms with Crippen LogP contribution in [0.2, 0.25) is 0 Å². The van der Waals surface area contributed by atoms with E-state index in [1.165, 1.54) is 23.3 Å². The van der Waals surface area contributed by atoms with Crippen molar-refractivity contribution in [2.24, 2.45) is 5.14 Å². The molecule has 0 spiro atoms. The predicted octanol–water partition coefficient (Wildman–Crippen LogP) is 1.60. The molecule has 1 aliphatic heterocycles. The first kappa shape index (κ1) is 16.5. The molecule has 7 heteroatoms. The number of carbonyl (C=O) groups excluding carboxylic acids is 1. The zero-order valence-corrected chi connectivity index (χ0v) is 13.9. The summed E-state index contributed by atoms with van der Waals surface area (Å²) in [5.41, 5.74) is 3.28. The van der Waals surface area contributed by atoms with Gasteiger partial charge in [-0.3, -0.25) is 0 Å². The molecule has 1 heterocycles. The van der Waals surface area contributed by atoms with E-state index in [2.05, 4.69) is 11.4 Å². The van der Waals surface area contributed by atoms with E-state index in [0.29, 0.717) is 19.6 Å². The van der Waals surface area contributed by atoms with Crippen LogP contribution in [0.5, 0.6) is 0 Å². The largest absolute Gasteiger partial charge is 0.334 e. The van der Waals surface area contributed by atoms with Gasteiger partial charge in [0.1, 0.15) is 0 Å².